The molecule has 37 heavy (non-hydrogen) atoms. The molecule has 4 heterocycles. The van der Waals surface area contributed by atoms with E-state index in [1.165, 1.54) is 12.1 Å². The summed E-state index contributed by atoms with van der Waals surface area (Å²) in [5, 5.41) is 10.2. The molecule has 1 fully saturated rings. The average Bonchev–Trinajstić information content (AvgIpc) is 3.16. The number of carbonyl (C=O) groups excluding carboxylic acids is 1. The number of amides is 1. The molecular formula is C27H31F2N5O3. The molecular weight excluding hydrogens is 480 g/mol. The maximum atomic E-state index is 14.5. The van der Waals surface area contributed by atoms with E-state index in [4.69, 9.17) is 0 Å². The smallest absolute Gasteiger partial charge is 0.317 e. The largest absolute Gasteiger partial charge is 0.480 e. The summed E-state index contributed by atoms with van der Waals surface area (Å²) in [6.45, 7) is 6.63. The Morgan fingerprint density at radius 2 is 1.86 bits per heavy atom. The monoisotopic (exact) mass is 511 g/mol. The second kappa shape index (κ2) is 10.2. The molecule has 1 aromatic carbocycles. The van der Waals surface area contributed by atoms with Gasteiger partial charge in [-0.25, -0.2) is 13.8 Å². The Bertz CT molecular complexity index is 1330. The lowest BCUT2D eigenvalue weighted by Crippen LogP contribution is -2.59. The lowest BCUT2D eigenvalue weighted by molar-refractivity contribution is -0.142. The second-order valence-corrected chi connectivity index (χ2v) is 10.1. The van der Waals surface area contributed by atoms with Crippen LogP contribution in [0.3, 0.4) is 0 Å². The first-order chi connectivity index (χ1) is 17.7. The number of halogens is 2. The number of carbonyl (C=O) groups is 2. The normalized spacial score (nSPS) is 20.8. The standard InChI is InChI=1S/C27H31F2N5O3/c1-17-11-31(12-18(2)33(17)16-26(36)37)15-25(35)32-9-7-21-22-4-3-8-30-27(22)34(24(21)14-32)13-19-5-6-20(28)10-23(19)29/h3-6,8,10,17-18H,7,9,11-16H2,1-2H3,(H,36,37)/t17-,18+. The van der Waals surface area contributed by atoms with Crippen LogP contribution in [0, 0.1) is 11.6 Å². The second-order valence-electron chi connectivity index (χ2n) is 10.1. The van der Waals surface area contributed by atoms with Crippen LogP contribution >= 0.6 is 0 Å². The van der Waals surface area contributed by atoms with E-state index >= 15 is 0 Å². The molecule has 5 rings (SSSR count). The van der Waals surface area contributed by atoms with Crippen molar-refractivity contribution < 1.29 is 23.5 Å². The summed E-state index contributed by atoms with van der Waals surface area (Å²) in [6, 6.07) is 7.50. The van der Waals surface area contributed by atoms with E-state index in [0.29, 0.717) is 38.2 Å². The van der Waals surface area contributed by atoms with Crippen molar-refractivity contribution in [1.29, 1.82) is 0 Å². The molecule has 0 saturated carbocycles. The first-order valence-corrected chi connectivity index (χ1v) is 12.6. The van der Waals surface area contributed by atoms with Crippen LogP contribution in [0.15, 0.2) is 36.5 Å². The molecule has 2 aliphatic rings. The molecule has 2 atom stereocenters. The van der Waals surface area contributed by atoms with Gasteiger partial charge < -0.3 is 14.6 Å². The zero-order valence-electron chi connectivity index (χ0n) is 21.0. The lowest BCUT2D eigenvalue weighted by Gasteiger charge is -2.44. The first kappa shape index (κ1) is 25.3. The molecule has 0 spiro atoms. The Balaban J connectivity index is 1.35. The molecule has 10 heteroatoms. The van der Waals surface area contributed by atoms with Gasteiger partial charge in [0.2, 0.25) is 5.91 Å². The molecule has 0 aliphatic carbocycles. The van der Waals surface area contributed by atoms with E-state index in [1.54, 1.807) is 6.20 Å². The number of nitrogens with zero attached hydrogens (tertiary/aromatic N) is 5. The Morgan fingerprint density at radius 3 is 2.57 bits per heavy atom. The third-order valence-electron chi connectivity index (χ3n) is 7.56. The van der Waals surface area contributed by atoms with Crippen LogP contribution in [0.5, 0.6) is 0 Å². The van der Waals surface area contributed by atoms with Crippen molar-refractivity contribution in [2.45, 2.75) is 45.4 Å². The SMILES string of the molecule is C[C@@H]1CN(CC(=O)N2CCc3c(n(Cc4ccc(F)cc4F)c4ncccc34)C2)C[C@H](C)N1CC(=O)O. The summed E-state index contributed by atoms with van der Waals surface area (Å²) in [7, 11) is 0. The van der Waals surface area contributed by atoms with Crippen molar-refractivity contribution in [3.05, 3.63) is 65.0 Å². The van der Waals surface area contributed by atoms with Crippen LogP contribution in [0.1, 0.15) is 30.7 Å². The van der Waals surface area contributed by atoms with Gasteiger partial charge in [0.05, 0.1) is 26.2 Å². The van der Waals surface area contributed by atoms with E-state index in [0.717, 1.165) is 28.4 Å². The summed E-state index contributed by atoms with van der Waals surface area (Å²) >= 11 is 0. The number of rotatable bonds is 6. The van der Waals surface area contributed by atoms with Crippen molar-refractivity contribution in [2.75, 3.05) is 32.7 Å². The highest BCUT2D eigenvalue weighted by molar-refractivity contribution is 5.84. The van der Waals surface area contributed by atoms with Gasteiger partial charge in [-0.15, -0.1) is 0 Å². The third-order valence-corrected chi connectivity index (χ3v) is 7.56. The van der Waals surface area contributed by atoms with Crippen molar-refractivity contribution in [3.8, 4) is 0 Å². The maximum Gasteiger partial charge on any atom is 0.317 e. The van der Waals surface area contributed by atoms with Crippen molar-refractivity contribution in [3.63, 3.8) is 0 Å². The summed E-state index contributed by atoms with van der Waals surface area (Å²) in [6.07, 6.45) is 2.36. The number of pyridine rings is 1. The Hall–Kier alpha value is -3.37. The number of hydrogen-bond acceptors (Lipinski definition) is 5. The number of fused-ring (bicyclic) bond motifs is 3. The van der Waals surface area contributed by atoms with Crippen LogP contribution in [-0.4, -0.2) is 86.0 Å². The van der Waals surface area contributed by atoms with Gasteiger partial charge in [-0.05, 0) is 44.0 Å². The van der Waals surface area contributed by atoms with Crippen LogP contribution in [0.2, 0.25) is 0 Å². The molecule has 3 aromatic rings. The van der Waals surface area contributed by atoms with E-state index in [9.17, 15) is 23.5 Å². The highest BCUT2D eigenvalue weighted by Gasteiger charge is 2.33. The fourth-order valence-corrected chi connectivity index (χ4v) is 5.82. The van der Waals surface area contributed by atoms with Gasteiger partial charge in [0, 0.05) is 60.6 Å². The molecule has 0 radical (unpaired) electrons. The van der Waals surface area contributed by atoms with E-state index in [-0.39, 0.29) is 37.6 Å². The number of piperazine rings is 1. The van der Waals surface area contributed by atoms with Crippen molar-refractivity contribution in [2.24, 2.45) is 0 Å². The summed E-state index contributed by atoms with van der Waals surface area (Å²) < 4.78 is 29.9. The quantitative estimate of drug-likeness (QED) is 0.548. The number of carboxylic acid groups (broad SMARTS) is 1. The molecule has 1 saturated heterocycles. The number of benzene rings is 1. The van der Waals surface area contributed by atoms with E-state index in [2.05, 4.69) is 9.88 Å². The molecule has 2 aliphatic heterocycles. The van der Waals surface area contributed by atoms with Crippen molar-refractivity contribution in [1.82, 2.24) is 24.3 Å². The lowest BCUT2D eigenvalue weighted by atomic mass is 10.0. The zero-order chi connectivity index (χ0) is 26.3. The van der Waals surface area contributed by atoms with Gasteiger partial charge >= 0.3 is 5.97 Å². The van der Waals surface area contributed by atoms with Gasteiger partial charge in [0.25, 0.3) is 0 Å². The van der Waals surface area contributed by atoms with Crippen LogP contribution in [0.4, 0.5) is 8.78 Å². The van der Waals surface area contributed by atoms with Gasteiger partial charge in [0.1, 0.15) is 17.3 Å². The van der Waals surface area contributed by atoms with Crippen molar-refractivity contribution >= 4 is 22.9 Å². The number of aromatic nitrogens is 2. The zero-order valence-corrected chi connectivity index (χ0v) is 21.0. The number of carboxylic acids is 1. The molecule has 1 amide bonds. The Kier molecular flexibility index (Phi) is 6.96. The third kappa shape index (κ3) is 5.08. The minimum absolute atomic E-state index is 0.00768. The maximum absolute atomic E-state index is 14.5. The summed E-state index contributed by atoms with van der Waals surface area (Å²) in [5.41, 5.74) is 3.12. The molecule has 8 nitrogen and oxygen atoms in total. The Labute approximate surface area is 214 Å². The fraction of sp³-hybridized carbons (Fsp3) is 0.444. The predicted molar refractivity (Wildman–Crippen MR) is 134 cm³/mol. The predicted octanol–water partition coefficient (Wildman–Crippen LogP) is 2.73. The summed E-state index contributed by atoms with van der Waals surface area (Å²) in [4.78, 5) is 35.0. The highest BCUT2D eigenvalue weighted by Crippen LogP contribution is 2.31. The minimum Gasteiger partial charge on any atom is -0.480 e. The number of hydrogen-bond donors (Lipinski definition) is 1. The van der Waals surface area contributed by atoms with Gasteiger partial charge in [-0.2, -0.15) is 0 Å². The van der Waals surface area contributed by atoms with Gasteiger partial charge in [0.15, 0.2) is 0 Å². The fourth-order valence-electron chi connectivity index (χ4n) is 5.82. The van der Waals surface area contributed by atoms with Gasteiger partial charge in [-0.3, -0.25) is 19.4 Å². The highest BCUT2D eigenvalue weighted by atomic mass is 19.1. The van der Waals surface area contributed by atoms with Crippen LogP contribution in [-0.2, 0) is 29.1 Å². The van der Waals surface area contributed by atoms with E-state index in [1.807, 2.05) is 40.3 Å². The molecule has 1 N–H and O–H groups in total. The summed E-state index contributed by atoms with van der Waals surface area (Å²) in [5.74, 6) is -2.07. The van der Waals surface area contributed by atoms with Crippen LogP contribution in [0.25, 0.3) is 11.0 Å². The molecule has 196 valence electrons. The minimum atomic E-state index is -0.849. The molecule has 0 bridgehead atoms. The first-order valence-electron chi connectivity index (χ1n) is 12.6. The van der Waals surface area contributed by atoms with Crippen LogP contribution < -0.4 is 0 Å². The topological polar surface area (TPSA) is 81.9 Å². The average molecular weight is 512 g/mol. The Morgan fingerprint density at radius 1 is 1.11 bits per heavy atom. The van der Waals surface area contributed by atoms with Gasteiger partial charge in [-0.1, -0.05) is 6.07 Å². The molecule has 0 unspecified atom stereocenters. The molecule has 2 aromatic heterocycles. The number of aliphatic carboxylic acids is 1. The van der Waals surface area contributed by atoms with E-state index < -0.39 is 17.6 Å².